The molecule has 0 saturated heterocycles. The molecule has 5 nitrogen and oxygen atoms in total. The minimum absolute atomic E-state index is 0.0640. The number of nitrogens with two attached hydrogens (primary N) is 1. The molecule has 0 aliphatic carbocycles. The van der Waals surface area contributed by atoms with Gasteiger partial charge in [0.25, 0.3) is 0 Å². The number of rotatable bonds is 7. The Morgan fingerprint density at radius 2 is 2.39 bits per heavy atom. The van der Waals surface area contributed by atoms with Gasteiger partial charge in [0, 0.05) is 19.0 Å². The molecule has 0 radical (unpaired) electrons. The van der Waals surface area contributed by atoms with Crippen molar-refractivity contribution in [3.8, 4) is 0 Å². The van der Waals surface area contributed by atoms with Crippen LogP contribution in [0.3, 0.4) is 0 Å². The molecule has 0 aliphatic heterocycles. The van der Waals surface area contributed by atoms with Gasteiger partial charge in [0.2, 0.25) is 5.91 Å². The first kappa shape index (κ1) is 15.1. The van der Waals surface area contributed by atoms with Gasteiger partial charge in [0.1, 0.15) is 0 Å². The minimum atomic E-state index is -0.223. The van der Waals surface area contributed by atoms with Crippen LogP contribution in [0.15, 0.2) is 5.38 Å². The molecular weight excluding hydrogens is 250 g/mol. The van der Waals surface area contributed by atoms with Crippen molar-refractivity contribution in [1.29, 1.82) is 0 Å². The Hall–Kier alpha value is -0.980. The van der Waals surface area contributed by atoms with Gasteiger partial charge in [0.05, 0.1) is 29.3 Å². The molecule has 1 aromatic heterocycles. The van der Waals surface area contributed by atoms with E-state index in [4.69, 9.17) is 10.5 Å². The van der Waals surface area contributed by atoms with Crippen LogP contribution in [0.1, 0.15) is 37.0 Å². The number of amides is 1. The molecule has 1 heterocycles. The fourth-order valence-electron chi connectivity index (χ4n) is 1.53. The van der Waals surface area contributed by atoms with E-state index in [0.717, 1.165) is 17.1 Å². The van der Waals surface area contributed by atoms with Crippen LogP contribution in [0.25, 0.3) is 0 Å². The van der Waals surface area contributed by atoms with Gasteiger partial charge in [-0.25, -0.2) is 4.98 Å². The Morgan fingerprint density at radius 3 is 2.89 bits per heavy atom. The van der Waals surface area contributed by atoms with Crippen LogP contribution < -0.4 is 11.1 Å². The lowest BCUT2D eigenvalue weighted by Crippen LogP contribution is -2.33. The van der Waals surface area contributed by atoms with Crippen LogP contribution in [-0.4, -0.2) is 30.6 Å². The normalized spacial score (nSPS) is 14.2. The van der Waals surface area contributed by atoms with Crippen molar-refractivity contribution in [2.24, 2.45) is 5.73 Å². The fourth-order valence-corrected chi connectivity index (χ4v) is 2.37. The first-order valence-electron chi connectivity index (χ1n) is 6.07. The third kappa shape index (κ3) is 4.36. The zero-order valence-electron chi connectivity index (χ0n) is 11.1. The molecule has 0 saturated carbocycles. The molecule has 2 unspecified atom stereocenters. The second-order valence-electron chi connectivity index (χ2n) is 4.11. The first-order valence-corrected chi connectivity index (χ1v) is 6.95. The SMILES string of the molecule is CCc1nc(C(C)NC(=O)CC(CN)OC)cs1. The number of thiazole rings is 1. The maximum absolute atomic E-state index is 11.8. The van der Waals surface area contributed by atoms with E-state index in [0.29, 0.717) is 6.54 Å². The lowest BCUT2D eigenvalue weighted by atomic mass is 10.2. The summed E-state index contributed by atoms with van der Waals surface area (Å²) in [6.07, 6.45) is 0.977. The van der Waals surface area contributed by atoms with Crippen molar-refractivity contribution < 1.29 is 9.53 Å². The smallest absolute Gasteiger partial charge is 0.223 e. The van der Waals surface area contributed by atoms with Crippen LogP contribution in [0, 0.1) is 0 Å². The number of carbonyl (C=O) groups is 1. The van der Waals surface area contributed by atoms with Crippen LogP contribution in [0.4, 0.5) is 0 Å². The van der Waals surface area contributed by atoms with Gasteiger partial charge in [-0.05, 0) is 13.3 Å². The summed E-state index contributed by atoms with van der Waals surface area (Å²) in [6, 6.07) is -0.0793. The monoisotopic (exact) mass is 271 g/mol. The van der Waals surface area contributed by atoms with E-state index in [-0.39, 0.29) is 24.5 Å². The van der Waals surface area contributed by atoms with Gasteiger partial charge < -0.3 is 15.8 Å². The maximum atomic E-state index is 11.8. The second-order valence-corrected chi connectivity index (χ2v) is 5.05. The van der Waals surface area contributed by atoms with E-state index in [1.165, 1.54) is 0 Å². The number of methoxy groups -OCH3 is 1. The fraction of sp³-hybridized carbons (Fsp3) is 0.667. The maximum Gasteiger partial charge on any atom is 0.223 e. The number of ether oxygens (including phenoxy) is 1. The quantitative estimate of drug-likeness (QED) is 0.782. The van der Waals surface area contributed by atoms with Gasteiger partial charge in [-0.15, -0.1) is 11.3 Å². The summed E-state index contributed by atoms with van der Waals surface area (Å²) in [5, 5.41) is 5.97. The molecule has 18 heavy (non-hydrogen) atoms. The third-order valence-corrected chi connectivity index (χ3v) is 3.71. The summed E-state index contributed by atoms with van der Waals surface area (Å²) < 4.78 is 5.08. The highest BCUT2D eigenvalue weighted by Gasteiger charge is 2.16. The summed E-state index contributed by atoms with van der Waals surface area (Å²) >= 11 is 1.62. The molecule has 1 amide bonds. The highest BCUT2D eigenvalue weighted by molar-refractivity contribution is 7.09. The van der Waals surface area contributed by atoms with Crippen molar-refractivity contribution in [3.63, 3.8) is 0 Å². The molecule has 0 bridgehead atoms. The summed E-state index contributed by atoms with van der Waals surface area (Å²) in [4.78, 5) is 16.2. The first-order chi connectivity index (χ1) is 8.60. The van der Waals surface area contributed by atoms with Crippen molar-refractivity contribution in [1.82, 2.24) is 10.3 Å². The number of nitrogens with zero attached hydrogens (tertiary/aromatic N) is 1. The number of hydrogen-bond donors (Lipinski definition) is 2. The summed E-state index contributed by atoms with van der Waals surface area (Å²) in [6.45, 7) is 4.34. The van der Waals surface area contributed by atoms with E-state index in [1.807, 2.05) is 12.3 Å². The van der Waals surface area contributed by atoms with Crippen LogP contribution >= 0.6 is 11.3 Å². The Balaban J connectivity index is 2.48. The minimum Gasteiger partial charge on any atom is -0.380 e. The van der Waals surface area contributed by atoms with Crippen molar-refractivity contribution in [2.45, 2.75) is 38.8 Å². The van der Waals surface area contributed by atoms with Crippen molar-refractivity contribution >= 4 is 17.2 Å². The molecule has 2 atom stereocenters. The molecule has 0 aliphatic rings. The number of hydrogen-bond acceptors (Lipinski definition) is 5. The van der Waals surface area contributed by atoms with Gasteiger partial charge in [0.15, 0.2) is 0 Å². The highest BCUT2D eigenvalue weighted by atomic mass is 32.1. The van der Waals surface area contributed by atoms with Crippen LogP contribution in [-0.2, 0) is 16.0 Å². The zero-order valence-corrected chi connectivity index (χ0v) is 11.9. The lowest BCUT2D eigenvalue weighted by Gasteiger charge is -2.15. The van der Waals surface area contributed by atoms with E-state index in [2.05, 4.69) is 17.2 Å². The van der Waals surface area contributed by atoms with Gasteiger partial charge in [-0.3, -0.25) is 4.79 Å². The average molecular weight is 271 g/mol. The molecular formula is C12H21N3O2S. The predicted octanol–water partition coefficient (Wildman–Crippen LogP) is 1.25. The van der Waals surface area contributed by atoms with Crippen molar-refractivity contribution in [2.75, 3.05) is 13.7 Å². The largest absolute Gasteiger partial charge is 0.380 e. The summed E-state index contributed by atoms with van der Waals surface area (Å²) in [5.74, 6) is -0.0640. The Kier molecular flexibility index (Phi) is 6.24. The Bertz CT molecular complexity index is 377. The number of aryl methyl sites for hydroxylation is 1. The third-order valence-electron chi connectivity index (χ3n) is 2.70. The highest BCUT2D eigenvalue weighted by Crippen LogP contribution is 2.17. The Labute approximate surface area is 112 Å². The molecule has 3 N–H and O–H groups in total. The number of carbonyl (C=O) groups excluding carboxylic acids is 1. The number of aromatic nitrogens is 1. The molecule has 0 fully saturated rings. The standard InChI is InChI=1S/C12H21N3O2S/c1-4-12-15-10(7-18-12)8(2)14-11(16)5-9(6-13)17-3/h7-9H,4-6,13H2,1-3H3,(H,14,16). The number of nitrogens with one attached hydrogen (secondary N) is 1. The second kappa shape index (κ2) is 7.45. The van der Waals surface area contributed by atoms with Crippen molar-refractivity contribution in [3.05, 3.63) is 16.1 Å². The molecule has 0 aromatic carbocycles. The molecule has 0 spiro atoms. The molecule has 1 rings (SSSR count). The van der Waals surface area contributed by atoms with Gasteiger partial charge in [-0.2, -0.15) is 0 Å². The van der Waals surface area contributed by atoms with Crippen LogP contribution in [0.5, 0.6) is 0 Å². The topological polar surface area (TPSA) is 77.2 Å². The zero-order chi connectivity index (χ0) is 13.5. The molecule has 102 valence electrons. The Morgan fingerprint density at radius 1 is 1.67 bits per heavy atom. The average Bonchev–Trinajstić information content (AvgIpc) is 2.84. The van der Waals surface area contributed by atoms with E-state index < -0.39 is 0 Å². The van der Waals surface area contributed by atoms with Gasteiger partial charge in [-0.1, -0.05) is 6.92 Å². The van der Waals surface area contributed by atoms with Crippen LogP contribution in [0.2, 0.25) is 0 Å². The van der Waals surface area contributed by atoms with E-state index >= 15 is 0 Å². The summed E-state index contributed by atoms with van der Waals surface area (Å²) in [5.41, 5.74) is 6.39. The van der Waals surface area contributed by atoms with E-state index in [9.17, 15) is 4.79 Å². The van der Waals surface area contributed by atoms with E-state index in [1.54, 1.807) is 18.4 Å². The lowest BCUT2D eigenvalue weighted by molar-refractivity contribution is -0.124. The molecule has 6 heteroatoms. The summed E-state index contributed by atoms with van der Waals surface area (Å²) in [7, 11) is 1.56. The predicted molar refractivity (Wildman–Crippen MR) is 72.5 cm³/mol. The van der Waals surface area contributed by atoms with Gasteiger partial charge >= 0.3 is 0 Å². The molecule has 1 aromatic rings.